The zero-order valence-corrected chi connectivity index (χ0v) is 19.2. The minimum Gasteiger partial charge on any atom is -0.491 e. The van der Waals surface area contributed by atoms with Crippen molar-refractivity contribution in [3.05, 3.63) is 53.6 Å². The molecular formula is C26H35N3O3. The molecule has 0 aliphatic carbocycles. The summed E-state index contributed by atoms with van der Waals surface area (Å²) in [4.78, 5) is 16.2. The van der Waals surface area contributed by atoms with Gasteiger partial charge in [-0.2, -0.15) is 0 Å². The third kappa shape index (κ3) is 6.02. The van der Waals surface area contributed by atoms with Gasteiger partial charge in [0.05, 0.1) is 0 Å². The van der Waals surface area contributed by atoms with Crippen LogP contribution in [0, 0.1) is 5.92 Å². The predicted molar refractivity (Wildman–Crippen MR) is 129 cm³/mol. The number of ether oxygens (including phenoxy) is 1. The summed E-state index contributed by atoms with van der Waals surface area (Å²) in [6.07, 6.45) is 1.82. The molecule has 4 rings (SSSR count). The molecule has 1 amide bonds. The van der Waals surface area contributed by atoms with Gasteiger partial charge in [0.15, 0.2) is 0 Å². The minimum absolute atomic E-state index is 0.0600. The molecule has 172 valence electrons. The Kier molecular flexibility index (Phi) is 7.33. The molecule has 2 heterocycles. The van der Waals surface area contributed by atoms with Gasteiger partial charge >= 0.3 is 0 Å². The number of aliphatic hydroxyl groups is 1. The lowest BCUT2D eigenvalue weighted by Gasteiger charge is -2.37. The number of carbonyl (C=O) groups is 1. The number of carbonyl (C=O) groups excluding carboxylic acids is 1. The highest BCUT2D eigenvalue weighted by Crippen LogP contribution is 2.27. The molecule has 0 aromatic heterocycles. The van der Waals surface area contributed by atoms with Crippen LogP contribution in [0.25, 0.3) is 0 Å². The molecule has 2 aromatic rings. The van der Waals surface area contributed by atoms with Crippen molar-refractivity contribution in [3.63, 3.8) is 0 Å². The van der Waals surface area contributed by atoms with Gasteiger partial charge in [-0.25, -0.2) is 0 Å². The molecule has 0 radical (unpaired) electrons. The Morgan fingerprint density at radius 3 is 2.50 bits per heavy atom. The Morgan fingerprint density at radius 1 is 1.03 bits per heavy atom. The van der Waals surface area contributed by atoms with Crippen molar-refractivity contribution in [2.75, 3.05) is 49.5 Å². The smallest absolute Gasteiger partial charge is 0.224 e. The van der Waals surface area contributed by atoms with E-state index in [0.717, 1.165) is 56.0 Å². The highest BCUT2D eigenvalue weighted by molar-refractivity contribution is 5.94. The van der Waals surface area contributed by atoms with Crippen molar-refractivity contribution in [1.82, 2.24) is 4.90 Å². The molecule has 6 heteroatoms. The normalized spacial score (nSPS) is 17.8. The number of hydrogen-bond donors (Lipinski definition) is 2. The molecule has 2 aliphatic rings. The van der Waals surface area contributed by atoms with Gasteiger partial charge in [-0.3, -0.25) is 9.69 Å². The number of amides is 1. The van der Waals surface area contributed by atoms with Gasteiger partial charge in [-0.1, -0.05) is 26.0 Å². The van der Waals surface area contributed by atoms with Crippen LogP contribution in [0.2, 0.25) is 0 Å². The lowest BCUT2D eigenvalue weighted by molar-refractivity contribution is -0.116. The van der Waals surface area contributed by atoms with Crippen LogP contribution in [0.4, 0.5) is 11.4 Å². The topological polar surface area (TPSA) is 65.0 Å². The summed E-state index contributed by atoms with van der Waals surface area (Å²) in [5, 5.41) is 13.4. The Labute approximate surface area is 191 Å². The number of nitrogens with zero attached hydrogens (tertiary/aromatic N) is 2. The quantitative estimate of drug-likeness (QED) is 0.663. The van der Waals surface area contributed by atoms with Crippen LogP contribution >= 0.6 is 0 Å². The molecule has 2 aliphatic heterocycles. The Hall–Kier alpha value is -2.57. The van der Waals surface area contributed by atoms with E-state index >= 15 is 0 Å². The van der Waals surface area contributed by atoms with E-state index in [1.807, 2.05) is 18.2 Å². The average Bonchev–Trinajstić information content (AvgIpc) is 2.78. The molecule has 6 nitrogen and oxygen atoms in total. The fraction of sp³-hybridized carbons (Fsp3) is 0.500. The van der Waals surface area contributed by atoms with Crippen LogP contribution in [0.5, 0.6) is 5.75 Å². The third-order valence-corrected chi connectivity index (χ3v) is 6.20. The highest BCUT2D eigenvalue weighted by atomic mass is 16.5. The molecule has 0 saturated carbocycles. The maximum atomic E-state index is 11.5. The molecule has 0 spiro atoms. The monoisotopic (exact) mass is 437 g/mol. The van der Waals surface area contributed by atoms with Gasteiger partial charge in [0, 0.05) is 50.5 Å². The molecular weight excluding hydrogens is 402 g/mol. The number of piperazine rings is 1. The largest absolute Gasteiger partial charge is 0.491 e. The van der Waals surface area contributed by atoms with Crippen LogP contribution in [0.1, 0.15) is 31.4 Å². The van der Waals surface area contributed by atoms with E-state index in [9.17, 15) is 9.90 Å². The van der Waals surface area contributed by atoms with Gasteiger partial charge < -0.3 is 20.1 Å². The highest BCUT2D eigenvalue weighted by Gasteiger charge is 2.20. The summed E-state index contributed by atoms with van der Waals surface area (Å²) in [5.74, 6) is 1.48. The number of anilines is 2. The molecule has 1 fully saturated rings. The first-order valence-electron chi connectivity index (χ1n) is 11.8. The molecule has 2 aromatic carbocycles. The second kappa shape index (κ2) is 10.4. The summed E-state index contributed by atoms with van der Waals surface area (Å²) in [7, 11) is 0. The second-order valence-corrected chi connectivity index (χ2v) is 9.38. The van der Waals surface area contributed by atoms with Crippen molar-refractivity contribution < 1.29 is 14.6 Å². The van der Waals surface area contributed by atoms with Crippen LogP contribution in [-0.2, 0) is 17.6 Å². The minimum atomic E-state index is -0.535. The van der Waals surface area contributed by atoms with Gasteiger partial charge in [0.2, 0.25) is 5.91 Å². The van der Waals surface area contributed by atoms with E-state index in [4.69, 9.17) is 4.74 Å². The average molecular weight is 438 g/mol. The maximum Gasteiger partial charge on any atom is 0.224 e. The summed E-state index contributed by atoms with van der Waals surface area (Å²) in [5.41, 5.74) is 4.63. The van der Waals surface area contributed by atoms with Gasteiger partial charge in [-0.05, 0) is 60.2 Å². The molecule has 1 atom stereocenters. The van der Waals surface area contributed by atoms with E-state index in [2.05, 4.69) is 53.2 Å². The number of nitrogens with one attached hydrogen (secondary N) is 1. The summed E-state index contributed by atoms with van der Waals surface area (Å²) in [6.45, 7) is 9.18. The third-order valence-electron chi connectivity index (χ3n) is 6.20. The second-order valence-electron chi connectivity index (χ2n) is 9.38. The Bertz CT molecular complexity index is 905. The van der Waals surface area contributed by atoms with Gasteiger partial charge in [-0.15, -0.1) is 0 Å². The number of fused-ring (bicyclic) bond motifs is 1. The van der Waals surface area contributed by atoms with Gasteiger partial charge in [0.25, 0.3) is 0 Å². The van der Waals surface area contributed by atoms with Crippen molar-refractivity contribution in [2.24, 2.45) is 5.92 Å². The fourth-order valence-corrected chi connectivity index (χ4v) is 4.50. The zero-order chi connectivity index (χ0) is 22.5. The molecule has 0 unspecified atom stereocenters. The molecule has 1 saturated heterocycles. The molecule has 32 heavy (non-hydrogen) atoms. The van der Waals surface area contributed by atoms with E-state index in [0.29, 0.717) is 18.9 Å². The predicted octanol–water partition coefficient (Wildman–Crippen LogP) is 3.33. The van der Waals surface area contributed by atoms with Crippen molar-refractivity contribution in [2.45, 2.75) is 39.2 Å². The first kappa shape index (κ1) is 22.6. The summed E-state index contributed by atoms with van der Waals surface area (Å²) >= 11 is 0. The van der Waals surface area contributed by atoms with Crippen LogP contribution < -0.4 is 15.0 Å². The van der Waals surface area contributed by atoms with E-state index in [1.165, 1.54) is 11.3 Å². The number of rotatable bonds is 8. The number of aryl methyl sites for hydroxylation is 1. The van der Waals surface area contributed by atoms with Crippen LogP contribution in [0.15, 0.2) is 42.5 Å². The Morgan fingerprint density at radius 2 is 1.78 bits per heavy atom. The number of benzene rings is 2. The zero-order valence-electron chi connectivity index (χ0n) is 19.2. The number of β-amino-alcohol motifs (C(OH)–C–C–N with tert-alkyl or cyclic N) is 1. The lowest BCUT2D eigenvalue weighted by Crippen LogP contribution is -2.49. The standard InChI is InChI=1S/C26H35N3O3/c1-19(2)15-20-3-6-22(7-4-20)29-13-11-28(12-14-29)17-23(30)18-32-24-8-9-25-21(16-24)5-10-26(31)27-25/h3-4,6-9,16,19,23,30H,5,10-15,17-18H2,1-2H3,(H,27,31)/t23-/m0/s1. The van der Waals surface area contributed by atoms with E-state index < -0.39 is 6.10 Å². The number of aliphatic hydroxyl groups excluding tert-OH is 1. The van der Waals surface area contributed by atoms with Crippen LogP contribution in [-0.4, -0.2) is 61.3 Å². The fourth-order valence-electron chi connectivity index (χ4n) is 4.50. The lowest BCUT2D eigenvalue weighted by atomic mass is 10.0. The maximum absolute atomic E-state index is 11.5. The first-order chi connectivity index (χ1) is 15.5. The summed E-state index contributed by atoms with van der Waals surface area (Å²) in [6, 6.07) is 14.7. The summed E-state index contributed by atoms with van der Waals surface area (Å²) < 4.78 is 5.83. The van der Waals surface area contributed by atoms with Crippen molar-refractivity contribution >= 4 is 17.3 Å². The van der Waals surface area contributed by atoms with E-state index in [1.54, 1.807) is 0 Å². The first-order valence-corrected chi connectivity index (χ1v) is 11.8. The van der Waals surface area contributed by atoms with Crippen molar-refractivity contribution in [3.8, 4) is 5.75 Å². The van der Waals surface area contributed by atoms with Gasteiger partial charge in [0.1, 0.15) is 18.5 Å². The van der Waals surface area contributed by atoms with Crippen LogP contribution in [0.3, 0.4) is 0 Å². The SMILES string of the molecule is CC(C)Cc1ccc(N2CCN(C[C@H](O)COc3ccc4c(c3)CCC(=O)N4)CC2)cc1. The van der Waals surface area contributed by atoms with E-state index in [-0.39, 0.29) is 12.5 Å². The number of hydrogen-bond acceptors (Lipinski definition) is 5. The molecule has 2 N–H and O–H groups in total. The molecule has 0 bridgehead atoms. The van der Waals surface area contributed by atoms with Crippen molar-refractivity contribution in [1.29, 1.82) is 0 Å². The Balaban J connectivity index is 1.20.